The zero-order valence-corrected chi connectivity index (χ0v) is 11.5. The quantitative estimate of drug-likeness (QED) is 0.840. The maximum absolute atomic E-state index is 11.3. The number of hydrogen-bond acceptors (Lipinski definition) is 4. The Kier molecular flexibility index (Phi) is 4.32. The molecule has 1 aromatic carbocycles. The highest BCUT2D eigenvalue weighted by molar-refractivity contribution is 5.92. The summed E-state index contributed by atoms with van der Waals surface area (Å²) in [6.07, 6.45) is 0.353. The van der Waals surface area contributed by atoms with Crippen LogP contribution in [0.1, 0.15) is 28.9 Å². The van der Waals surface area contributed by atoms with Crippen LogP contribution in [0.4, 0.5) is 0 Å². The van der Waals surface area contributed by atoms with Gasteiger partial charge in [0.1, 0.15) is 5.69 Å². The zero-order valence-electron chi connectivity index (χ0n) is 11.5. The Labute approximate surface area is 120 Å². The Morgan fingerprint density at radius 3 is 2.67 bits per heavy atom. The molecule has 0 saturated carbocycles. The van der Waals surface area contributed by atoms with Gasteiger partial charge in [-0.25, -0.2) is 9.48 Å². The summed E-state index contributed by atoms with van der Waals surface area (Å²) in [7, 11) is 0. The van der Waals surface area contributed by atoms with E-state index in [1.165, 1.54) is 4.68 Å². The molecule has 0 fully saturated rings. The highest BCUT2D eigenvalue weighted by Gasteiger charge is 2.20. The minimum atomic E-state index is -1.16. The van der Waals surface area contributed by atoms with E-state index in [1.54, 1.807) is 6.07 Å². The van der Waals surface area contributed by atoms with E-state index in [0.717, 1.165) is 5.56 Å². The van der Waals surface area contributed by atoms with E-state index >= 15 is 0 Å². The second-order valence-electron chi connectivity index (χ2n) is 4.68. The van der Waals surface area contributed by atoms with Crippen molar-refractivity contribution in [1.29, 1.82) is 0 Å². The SMILES string of the molecule is Cc1cccc(-c2c(C(=O)O)nnn2CCCC(=O)O)c1. The summed E-state index contributed by atoms with van der Waals surface area (Å²) < 4.78 is 1.45. The topological polar surface area (TPSA) is 105 Å². The number of benzene rings is 1. The van der Waals surface area contributed by atoms with Crippen molar-refractivity contribution in [2.24, 2.45) is 0 Å². The average molecular weight is 289 g/mol. The van der Waals surface area contributed by atoms with Crippen molar-refractivity contribution in [2.75, 3.05) is 0 Å². The normalized spacial score (nSPS) is 10.5. The van der Waals surface area contributed by atoms with E-state index in [0.29, 0.717) is 24.2 Å². The van der Waals surface area contributed by atoms with E-state index in [1.807, 2.05) is 25.1 Å². The van der Waals surface area contributed by atoms with E-state index in [-0.39, 0.29) is 12.1 Å². The predicted octanol–water partition coefficient (Wildman–Crippen LogP) is 1.82. The number of aryl methyl sites for hydroxylation is 2. The van der Waals surface area contributed by atoms with Crippen molar-refractivity contribution in [3.8, 4) is 11.3 Å². The summed E-state index contributed by atoms with van der Waals surface area (Å²) in [6.45, 7) is 2.21. The second kappa shape index (κ2) is 6.17. The summed E-state index contributed by atoms with van der Waals surface area (Å²) in [5.41, 5.74) is 1.96. The van der Waals surface area contributed by atoms with Crippen LogP contribution in [0.25, 0.3) is 11.3 Å². The van der Waals surface area contributed by atoms with Gasteiger partial charge in [-0.2, -0.15) is 0 Å². The van der Waals surface area contributed by atoms with Gasteiger partial charge in [-0.15, -0.1) is 5.10 Å². The molecule has 2 aromatic rings. The van der Waals surface area contributed by atoms with Crippen LogP contribution >= 0.6 is 0 Å². The van der Waals surface area contributed by atoms with Crippen molar-refractivity contribution in [3.05, 3.63) is 35.5 Å². The molecular formula is C14H15N3O4. The number of aliphatic carboxylic acids is 1. The first kappa shape index (κ1) is 14.7. The highest BCUT2D eigenvalue weighted by Crippen LogP contribution is 2.23. The molecule has 7 heteroatoms. The van der Waals surface area contributed by atoms with Gasteiger partial charge in [-0.05, 0) is 19.4 Å². The largest absolute Gasteiger partial charge is 0.481 e. The van der Waals surface area contributed by atoms with Crippen LogP contribution in [0.3, 0.4) is 0 Å². The first-order chi connectivity index (χ1) is 9.99. The van der Waals surface area contributed by atoms with Crippen LogP contribution in [0, 0.1) is 6.92 Å². The van der Waals surface area contributed by atoms with Gasteiger partial charge in [0.25, 0.3) is 0 Å². The predicted molar refractivity (Wildman–Crippen MR) is 74.0 cm³/mol. The molecule has 0 saturated heterocycles. The smallest absolute Gasteiger partial charge is 0.358 e. The third-order valence-electron chi connectivity index (χ3n) is 2.99. The Balaban J connectivity index is 2.38. The molecule has 0 spiro atoms. The molecule has 1 aromatic heterocycles. The molecule has 110 valence electrons. The number of hydrogen-bond donors (Lipinski definition) is 2. The second-order valence-corrected chi connectivity index (χ2v) is 4.68. The maximum Gasteiger partial charge on any atom is 0.358 e. The van der Waals surface area contributed by atoms with Crippen LogP contribution in [0.5, 0.6) is 0 Å². The first-order valence-corrected chi connectivity index (χ1v) is 6.44. The fraction of sp³-hybridized carbons (Fsp3) is 0.286. The number of aromatic carboxylic acids is 1. The summed E-state index contributed by atoms with van der Waals surface area (Å²) >= 11 is 0. The maximum atomic E-state index is 11.3. The highest BCUT2D eigenvalue weighted by atomic mass is 16.4. The summed E-state index contributed by atoms with van der Waals surface area (Å²) in [4.78, 5) is 21.8. The minimum absolute atomic E-state index is 0.00444. The Bertz CT molecular complexity index is 679. The molecule has 0 bridgehead atoms. The molecule has 1 heterocycles. The number of carboxylic acids is 2. The van der Waals surface area contributed by atoms with Gasteiger partial charge in [0, 0.05) is 18.5 Å². The van der Waals surface area contributed by atoms with Crippen molar-refractivity contribution in [3.63, 3.8) is 0 Å². The van der Waals surface area contributed by atoms with Gasteiger partial charge in [0.05, 0.1) is 0 Å². The van der Waals surface area contributed by atoms with Gasteiger partial charge in [0.2, 0.25) is 0 Å². The van der Waals surface area contributed by atoms with E-state index in [2.05, 4.69) is 10.3 Å². The lowest BCUT2D eigenvalue weighted by Gasteiger charge is -2.07. The van der Waals surface area contributed by atoms with Crippen LogP contribution in [0.2, 0.25) is 0 Å². The third-order valence-corrected chi connectivity index (χ3v) is 2.99. The van der Waals surface area contributed by atoms with Crippen molar-refractivity contribution in [1.82, 2.24) is 15.0 Å². The van der Waals surface area contributed by atoms with Gasteiger partial charge in [-0.3, -0.25) is 4.79 Å². The van der Waals surface area contributed by atoms with Crippen LogP contribution in [-0.4, -0.2) is 37.1 Å². The lowest BCUT2D eigenvalue weighted by molar-refractivity contribution is -0.137. The van der Waals surface area contributed by atoms with Gasteiger partial charge in [-0.1, -0.05) is 29.0 Å². The molecule has 0 unspecified atom stereocenters. The van der Waals surface area contributed by atoms with Crippen molar-refractivity contribution in [2.45, 2.75) is 26.3 Å². The van der Waals surface area contributed by atoms with E-state index in [9.17, 15) is 14.7 Å². The Morgan fingerprint density at radius 1 is 1.29 bits per heavy atom. The van der Waals surface area contributed by atoms with Gasteiger partial charge >= 0.3 is 11.9 Å². The molecular weight excluding hydrogens is 274 g/mol. The van der Waals surface area contributed by atoms with Gasteiger partial charge < -0.3 is 10.2 Å². The number of aromatic nitrogens is 3. The molecule has 0 radical (unpaired) electrons. The Hall–Kier alpha value is -2.70. The molecule has 0 atom stereocenters. The summed E-state index contributed by atoms with van der Waals surface area (Å²) in [5.74, 6) is -2.05. The number of carboxylic acid groups (broad SMARTS) is 2. The fourth-order valence-corrected chi connectivity index (χ4v) is 2.07. The monoisotopic (exact) mass is 289 g/mol. The minimum Gasteiger partial charge on any atom is -0.481 e. The van der Waals surface area contributed by atoms with Crippen molar-refractivity contribution < 1.29 is 19.8 Å². The van der Waals surface area contributed by atoms with Gasteiger partial charge in [0.15, 0.2) is 5.69 Å². The lowest BCUT2D eigenvalue weighted by atomic mass is 10.1. The lowest BCUT2D eigenvalue weighted by Crippen LogP contribution is -2.07. The number of carbonyl (C=O) groups is 2. The van der Waals surface area contributed by atoms with Crippen molar-refractivity contribution >= 4 is 11.9 Å². The summed E-state index contributed by atoms with van der Waals surface area (Å²) in [5, 5.41) is 25.4. The molecule has 7 nitrogen and oxygen atoms in total. The molecule has 0 aliphatic carbocycles. The third kappa shape index (κ3) is 3.44. The fourth-order valence-electron chi connectivity index (χ4n) is 2.07. The van der Waals surface area contributed by atoms with E-state index in [4.69, 9.17) is 5.11 Å². The first-order valence-electron chi connectivity index (χ1n) is 6.44. The molecule has 0 aliphatic rings. The molecule has 0 amide bonds. The standard InChI is InChI=1S/C14H15N3O4/c1-9-4-2-5-10(8-9)13-12(14(20)21)15-16-17(13)7-3-6-11(18)19/h2,4-5,8H,3,6-7H2,1H3,(H,18,19)(H,20,21). The molecule has 2 rings (SSSR count). The van der Waals surface area contributed by atoms with E-state index < -0.39 is 11.9 Å². The average Bonchev–Trinajstić information content (AvgIpc) is 2.82. The Morgan fingerprint density at radius 2 is 2.05 bits per heavy atom. The number of rotatable bonds is 6. The number of nitrogens with zero attached hydrogens (tertiary/aromatic N) is 3. The zero-order chi connectivity index (χ0) is 15.4. The van der Waals surface area contributed by atoms with Crippen LogP contribution in [0.15, 0.2) is 24.3 Å². The molecule has 2 N–H and O–H groups in total. The molecule has 21 heavy (non-hydrogen) atoms. The van der Waals surface area contributed by atoms with Crippen LogP contribution < -0.4 is 0 Å². The van der Waals surface area contributed by atoms with Crippen LogP contribution in [-0.2, 0) is 11.3 Å². The molecule has 0 aliphatic heterocycles. The summed E-state index contributed by atoms with van der Waals surface area (Å²) in [6, 6.07) is 7.36.